The number of ether oxygens (including phenoxy) is 1. The van der Waals surface area contributed by atoms with Crippen molar-refractivity contribution in [3.8, 4) is 0 Å². The van der Waals surface area contributed by atoms with E-state index < -0.39 is 5.82 Å². The maximum atomic E-state index is 13.8. The van der Waals surface area contributed by atoms with Gasteiger partial charge in [-0.25, -0.2) is 4.39 Å². The lowest BCUT2D eigenvalue weighted by Gasteiger charge is -2.43. The molecule has 1 saturated heterocycles. The van der Waals surface area contributed by atoms with Gasteiger partial charge >= 0.3 is 0 Å². The fourth-order valence-corrected chi connectivity index (χ4v) is 3.68. The van der Waals surface area contributed by atoms with E-state index in [1.807, 2.05) is 0 Å². The lowest BCUT2D eigenvalue weighted by Crippen LogP contribution is -2.43. The van der Waals surface area contributed by atoms with Gasteiger partial charge in [-0.1, -0.05) is 31.4 Å². The summed E-state index contributed by atoms with van der Waals surface area (Å²) in [6.45, 7) is 0.630. The van der Waals surface area contributed by atoms with E-state index in [0.717, 1.165) is 25.7 Å². The zero-order valence-electron chi connectivity index (χ0n) is 11.7. The first-order valence-electron chi connectivity index (χ1n) is 7.63. The van der Waals surface area contributed by atoms with Gasteiger partial charge < -0.3 is 4.74 Å². The van der Waals surface area contributed by atoms with Gasteiger partial charge in [0.1, 0.15) is 5.82 Å². The van der Waals surface area contributed by atoms with Crippen LogP contribution in [-0.2, 0) is 4.74 Å². The highest BCUT2D eigenvalue weighted by molar-refractivity contribution is 5.98. The molecule has 2 fully saturated rings. The molecule has 1 atom stereocenters. The average molecular weight is 276 g/mol. The Bertz CT molecular complexity index is 486. The molecule has 0 aromatic heterocycles. The molecule has 1 spiro atoms. The summed E-state index contributed by atoms with van der Waals surface area (Å²) < 4.78 is 19.8. The Hall–Kier alpha value is -1.22. The second kappa shape index (κ2) is 5.65. The van der Waals surface area contributed by atoms with Crippen LogP contribution in [-0.4, -0.2) is 18.0 Å². The molecule has 1 aromatic carbocycles. The van der Waals surface area contributed by atoms with Gasteiger partial charge in [0.2, 0.25) is 0 Å². The molecular formula is C17H21FO2. The van der Waals surface area contributed by atoms with E-state index in [1.54, 1.807) is 18.2 Å². The summed E-state index contributed by atoms with van der Waals surface area (Å²) in [6.07, 6.45) is 7.20. The number of carbonyl (C=O) groups excluding carboxylic acids is 1. The summed E-state index contributed by atoms with van der Waals surface area (Å²) in [7, 11) is 0. The molecule has 0 bridgehead atoms. The quantitative estimate of drug-likeness (QED) is 0.759. The van der Waals surface area contributed by atoms with Gasteiger partial charge in [-0.2, -0.15) is 0 Å². The zero-order valence-corrected chi connectivity index (χ0v) is 11.7. The SMILES string of the molecule is O=C(c1ccccc1F)C1CCOC2(CCCCC2)C1. The van der Waals surface area contributed by atoms with Crippen molar-refractivity contribution in [2.45, 2.75) is 50.5 Å². The molecule has 2 aliphatic rings. The Balaban J connectivity index is 1.77. The van der Waals surface area contributed by atoms with Crippen LogP contribution in [0.25, 0.3) is 0 Å². The molecule has 0 N–H and O–H groups in total. The van der Waals surface area contributed by atoms with Crippen LogP contribution in [0.15, 0.2) is 24.3 Å². The maximum absolute atomic E-state index is 13.8. The van der Waals surface area contributed by atoms with Gasteiger partial charge in [-0.15, -0.1) is 0 Å². The third kappa shape index (κ3) is 2.64. The largest absolute Gasteiger partial charge is 0.375 e. The van der Waals surface area contributed by atoms with E-state index in [2.05, 4.69) is 0 Å². The van der Waals surface area contributed by atoms with Crippen LogP contribution < -0.4 is 0 Å². The Labute approximate surface area is 119 Å². The zero-order chi connectivity index (χ0) is 14.0. The van der Waals surface area contributed by atoms with Crippen molar-refractivity contribution in [3.05, 3.63) is 35.6 Å². The van der Waals surface area contributed by atoms with Crippen molar-refractivity contribution in [3.63, 3.8) is 0 Å². The summed E-state index contributed by atoms with van der Waals surface area (Å²) in [4.78, 5) is 12.6. The normalized spacial score (nSPS) is 25.6. The first kappa shape index (κ1) is 13.7. The molecule has 20 heavy (non-hydrogen) atoms. The van der Waals surface area contributed by atoms with Crippen molar-refractivity contribution < 1.29 is 13.9 Å². The lowest BCUT2D eigenvalue weighted by molar-refractivity contribution is -0.111. The molecule has 1 saturated carbocycles. The molecule has 108 valence electrons. The van der Waals surface area contributed by atoms with Crippen LogP contribution in [0.3, 0.4) is 0 Å². The smallest absolute Gasteiger partial charge is 0.169 e. The summed E-state index contributed by atoms with van der Waals surface area (Å²) >= 11 is 0. The van der Waals surface area contributed by atoms with Crippen molar-refractivity contribution in [2.75, 3.05) is 6.61 Å². The van der Waals surface area contributed by atoms with Crippen molar-refractivity contribution in [2.24, 2.45) is 5.92 Å². The molecule has 2 nitrogen and oxygen atoms in total. The first-order valence-corrected chi connectivity index (χ1v) is 7.63. The second-order valence-corrected chi connectivity index (χ2v) is 6.13. The Morgan fingerprint density at radius 3 is 2.70 bits per heavy atom. The van der Waals surface area contributed by atoms with Crippen molar-refractivity contribution in [1.29, 1.82) is 0 Å². The Morgan fingerprint density at radius 2 is 1.95 bits per heavy atom. The van der Waals surface area contributed by atoms with Gasteiger partial charge in [-0.3, -0.25) is 4.79 Å². The third-order valence-electron chi connectivity index (χ3n) is 4.77. The number of ketones is 1. The number of Topliss-reactive ketones (excluding diaryl/α,β-unsaturated/α-hetero) is 1. The van der Waals surface area contributed by atoms with E-state index in [-0.39, 0.29) is 22.9 Å². The summed E-state index contributed by atoms with van der Waals surface area (Å²) in [5.41, 5.74) is 0.132. The van der Waals surface area contributed by atoms with E-state index in [9.17, 15) is 9.18 Å². The third-order valence-corrected chi connectivity index (χ3v) is 4.77. The van der Waals surface area contributed by atoms with Crippen molar-refractivity contribution in [1.82, 2.24) is 0 Å². The highest BCUT2D eigenvalue weighted by atomic mass is 19.1. The minimum atomic E-state index is -0.401. The fraction of sp³-hybridized carbons (Fsp3) is 0.588. The topological polar surface area (TPSA) is 26.3 Å². The molecule has 1 unspecified atom stereocenters. The van der Waals surface area contributed by atoms with E-state index in [0.29, 0.717) is 6.61 Å². The summed E-state index contributed by atoms with van der Waals surface area (Å²) in [5, 5.41) is 0. The highest BCUT2D eigenvalue weighted by Gasteiger charge is 2.41. The number of halogens is 1. The molecule has 0 amide bonds. The molecule has 1 aromatic rings. The minimum Gasteiger partial charge on any atom is -0.375 e. The summed E-state index contributed by atoms with van der Waals surface area (Å²) in [6, 6.07) is 6.31. The van der Waals surface area contributed by atoms with E-state index in [1.165, 1.54) is 25.3 Å². The number of carbonyl (C=O) groups is 1. The predicted molar refractivity (Wildman–Crippen MR) is 75.2 cm³/mol. The van der Waals surface area contributed by atoms with E-state index >= 15 is 0 Å². The predicted octanol–water partition coefficient (Wildman–Crippen LogP) is 4.14. The number of benzene rings is 1. The molecule has 1 aliphatic heterocycles. The lowest BCUT2D eigenvalue weighted by atomic mass is 9.74. The maximum Gasteiger partial charge on any atom is 0.169 e. The van der Waals surface area contributed by atoms with Crippen LogP contribution >= 0.6 is 0 Å². The van der Waals surface area contributed by atoms with Gasteiger partial charge in [0.15, 0.2) is 5.78 Å². The second-order valence-electron chi connectivity index (χ2n) is 6.13. The van der Waals surface area contributed by atoms with Gasteiger partial charge in [0.25, 0.3) is 0 Å². The Morgan fingerprint density at radius 1 is 1.20 bits per heavy atom. The monoisotopic (exact) mass is 276 g/mol. The minimum absolute atomic E-state index is 0.0450. The molecule has 0 radical (unpaired) electrons. The van der Waals surface area contributed by atoms with Crippen LogP contribution in [0.4, 0.5) is 4.39 Å². The molecule has 3 heteroatoms. The highest BCUT2D eigenvalue weighted by Crippen LogP contribution is 2.41. The number of hydrogen-bond acceptors (Lipinski definition) is 2. The summed E-state index contributed by atoms with van der Waals surface area (Å²) in [5.74, 6) is -0.531. The van der Waals surface area contributed by atoms with Gasteiger partial charge in [0, 0.05) is 12.5 Å². The molecule has 3 rings (SSSR count). The van der Waals surface area contributed by atoms with Crippen LogP contribution in [0.5, 0.6) is 0 Å². The van der Waals surface area contributed by atoms with Crippen LogP contribution in [0.2, 0.25) is 0 Å². The number of hydrogen-bond donors (Lipinski definition) is 0. The average Bonchev–Trinajstić information content (AvgIpc) is 2.48. The Kier molecular flexibility index (Phi) is 3.88. The van der Waals surface area contributed by atoms with E-state index in [4.69, 9.17) is 4.74 Å². The number of rotatable bonds is 2. The standard InChI is InChI=1S/C17H21FO2/c18-15-7-3-2-6-14(15)16(19)13-8-11-20-17(12-13)9-4-1-5-10-17/h2-3,6-7,13H,1,4-5,8-12H2. The fourth-order valence-electron chi connectivity index (χ4n) is 3.68. The van der Waals surface area contributed by atoms with Gasteiger partial charge in [-0.05, 0) is 37.8 Å². The molecule has 1 aliphatic carbocycles. The molecular weight excluding hydrogens is 255 g/mol. The molecule has 1 heterocycles. The first-order chi connectivity index (χ1) is 9.70. The van der Waals surface area contributed by atoms with Crippen LogP contribution in [0, 0.1) is 11.7 Å². The van der Waals surface area contributed by atoms with Gasteiger partial charge in [0.05, 0.1) is 11.2 Å². The van der Waals surface area contributed by atoms with Crippen molar-refractivity contribution >= 4 is 5.78 Å². The van der Waals surface area contributed by atoms with Crippen LogP contribution in [0.1, 0.15) is 55.3 Å².